The number of thiophene rings is 1. The lowest BCUT2D eigenvalue weighted by atomic mass is 9.85. The van der Waals surface area contributed by atoms with Gasteiger partial charge in [-0.2, -0.15) is 0 Å². The molecule has 2 aliphatic heterocycles. The van der Waals surface area contributed by atoms with E-state index in [4.69, 9.17) is 9.73 Å². The molecule has 5 atom stereocenters. The number of aliphatic hydroxyl groups is 1. The van der Waals surface area contributed by atoms with E-state index in [1.54, 1.807) is 22.7 Å². The van der Waals surface area contributed by atoms with Crippen LogP contribution in [0.3, 0.4) is 0 Å². The number of thiazole rings is 1. The standard InChI is InChI=1S/C51H56N8O6S2/c1-27-30(4)67-50-43(27)44(54-39(24-42(62)65-9)47-57-56-31(5)59(47)50)35-17-15-34(16-18-35)37-12-10-11-32(21-37)22-41(61)55-46(51(6,7)8)49(64)58-25-38(60)23-40(58)48(63)53-28(2)33-13-19-36(20-14-33)45-29(3)52-26-66-45/h10-21,26,28,38-40,46,60H,22-25H2,1-9H3,(H,53,63)(H,55,61)/t28-,38+,39-,40-,46?/m0/s1. The van der Waals surface area contributed by atoms with Crippen LogP contribution in [0.1, 0.15) is 103 Å². The van der Waals surface area contributed by atoms with Crippen LogP contribution in [0.25, 0.3) is 26.6 Å². The fraction of sp³-hybridized carbons (Fsp3) is 0.373. The molecule has 0 aliphatic carbocycles. The molecule has 2 aliphatic rings. The summed E-state index contributed by atoms with van der Waals surface area (Å²) in [5.41, 5.74) is 10.3. The Balaban J connectivity index is 0.960. The van der Waals surface area contributed by atoms with Crippen molar-refractivity contribution in [3.63, 3.8) is 0 Å². The van der Waals surface area contributed by atoms with Crippen molar-refractivity contribution < 1.29 is 29.0 Å². The summed E-state index contributed by atoms with van der Waals surface area (Å²) < 4.78 is 7.04. The normalized spacial score (nSPS) is 17.7. The minimum absolute atomic E-state index is 0.0121. The Hall–Kier alpha value is -6.36. The van der Waals surface area contributed by atoms with Gasteiger partial charge < -0.3 is 25.4 Å². The van der Waals surface area contributed by atoms with Crippen molar-refractivity contribution in [2.45, 2.75) is 105 Å². The van der Waals surface area contributed by atoms with Gasteiger partial charge in [-0.1, -0.05) is 93.6 Å². The van der Waals surface area contributed by atoms with Crippen molar-refractivity contribution in [3.05, 3.63) is 128 Å². The van der Waals surface area contributed by atoms with Gasteiger partial charge in [-0.25, -0.2) is 4.98 Å². The second-order valence-electron chi connectivity index (χ2n) is 18.5. The summed E-state index contributed by atoms with van der Waals surface area (Å²) in [4.78, 5) is 67.8. The molecule has 0 saturated carbocycles. The smallest absolute Gasteiger partial charge is 0.308 e. The first kappa shape index (κ1) is 47.1. The molecule has 8 rings (SSSR count). The van der Waals surface area contributed by atoms with Gasteiger partial charge in [-0.15, -0.1) is 32.9 Å². The fourth-order valence-electron chi connectivity index (χ4n) is 8.86. The summed E-state index contributed by atoms with van der Waals surface area (Å²) >= 11 is 3.22. The number of aromatic nitrogens is 4. The van der Waals surface area contributed by atoms with Gasteiger partial charge in [-0.3, -0.25) is 28.7 Å². The van der Waals surface area contributed by atoms with Gasteiger partial charge in [-0.05, 0) is 73.4 Å². The quantitative estimate of drug-likeness (QED) is 0.104. The van der Waals surface area contributed by atoms with Crippen LogP contribution in [0, 0.1) is 33.1 Å². The average molecular weight is 941 g/mol. The Labute approximate surface area is 398 Å². The topological polar surface area (TPSA) is 181 Å². The van der Waals surface area contributed by atoms with Crippen LogP contribution >= 0.6 is 22.7 Å². The molecule has 14 nitrogen and oxygen atoms in total. The number of amides is 3. The first-order valence-corrected chi connectivity index (χ1v) is 24.1. The Morgan fingerprint density at radius 2 is 1.61 bits per heavy atom. The van der Waals surface area contributed by atoms with E-state index in [9.17, 15) is 24.3 Å². The number of aryl methyl sites for hydroxylation is 3. The third-order valence-electron chi connectivity index (χ3n) is 12.7. The zero-order valence-electron chi connectivity index (χ0n) is 39.2. The van der Waals surface area contributed by atoms with E-state index in [1.807, 2.05) is 124 Å². The number of esters is 1. The van der Waals surface area contributed by atoms with Crippen molar-refractivity contribution >= 4 is 52.1 Å². The molecule has 1 saturated heterocycles. The van der Waals surface area contributed by atoms with E-state index in [1.165, 1.54) is 12.0 Å². The van der Waals surface area contributed by atoms with Crippen molar-refractivity contribution in [1.82, 2.24) is 35.3 Å². The summed E-state index contributed by atoms with van der Waals surface area (Å²) in [6.45, 7) is 15.5. The predicted molar refractivity (Wildman–Crippen MR) is 260 cm³/mol. The highest BCUT2D eigenvalue weighted by molar-refractivity contribution is 7.15. The fourth-order valence-corrected chi connectivity index (χ4v) is 10.9. The zero-order valence-corrected chi connectivity index (χ0v) is 40.8. The number of nitrogens with one attached hydrogen (secondary N) is 2. The molecule has 5 heterocycles. The second-order valence-corrected chi connectivity index (χ2v) is 20.6. The second kappa shape index (κ2) is 19.1. The van der Waals surface area contributed by atoms with E-state index in [0.29, 0.717) is 11.6 Å². The van der Waals surface area contributed by atoms with Gasteiger partial charge in [0.2, 0.25) is 17.7 Å². The molecule has 0 radical (unpaired) electrons. The van der Waals surface area contributed by atoms with E-state index in [0.717, 1.165) is 70.7 Å². The lowest BCUT2D eigenvalue weighted by Crippen LogP contribution is -2.58. The van der Waals surface area contributed by atoms with Crippen molar-refractivity contribution in [2.75, 3.05) is 13.7 Å². The van der Waals surface area contributed by atoms with E-state index in [-0.39, 0.29) is 43.7 Å². The van der Waals surface area contributed by atoms with Crippen LogP contribution in [-0.4, -0.2) is 91.0 Å². The number of nitrogens with zero attached hydrogens (tertiary/aromatic N) is 6. The number of aliphatic imine (C=N–C) groups is 1. The number of carbonyl (C=O) groups is 4. The molecular formula is C51H56N8O6S2. The molecule has 3 aromatic carbocycles. The Bertz CT molecular complexity index is 2870. The summed E-state index contributed by atoms with van der Waals surface area (Å²) in [6, 6.07) is 20.9. The van der Waals surface area contributed by atoms with Gasteiger partial charge in [0.05, 0.1) is 53.9 Å². The Kier molecular flexibility index (Phi) is 13.4. The highest BCUT2D eigenvalue weighted by Crippen LogP contribution is 2.40. The average Bonchev–Trinajstić information content (AvgIpc) is 4.07. The number of aliphatic hydroxyl groups excluding tert-OH is 1. The number of methoxy groups -OCH3 is 1. The van der Waals surface area contributed by atoms with E-state index in [2.05, 4.69) is 39.7 Å². The highest BCUT2D eigenvalue weighted by atomic mass is 32.1. The first-order valence-electron chi connectivity index (χ1n) is 22.4. The van der Waals surface area contributed by atoms with Crippen LogP contribution in [0.4, 0.5) is 0 Å². The SMILES string of the molecule is COC(=O)C[C@@H]1N=C(c2ccc(-c3cccc(CC(=O)NC(C(=O)N4C[C@H](O)C[C@H]4C(=O)N[C@@H](C)c4ccc(-c5scnc5C)cc4)C(C)(C)C)c3)cc2)c2c(sc(C)c2C)-n2c(C)nnc21. The summed E-state index contributed by atoms with van der Waals surface area (Å²) in [7, 11) is 1.36. The first-order chi connectivity index (χ1) is 31.9. The maximum atomic E-state index is 14.4. The summed E-state index contributed by atoms with van der Waals surface area (Å²) in [5.74, 6) is -0.230. The third kappa shape index (κ3) is 9.74. The lowest BCUT2D eigenvalue weighted by molar-refractivity contribution is -0.144. The molecule has 67 heavy (non-hydrogen) atoms. The van der Waals surface area contributed by atoms with E-state index >= 15 is 0 Å². The molecule has 0 spiro atoms. The molecular weight excluding hydrogens is 885 g/mol. The van der Waals surface area contributed by atoms with Gasteiger partial charge in [0.1, 0.15) is 29.0 Å². The van der Waals surface area contributed by atoms with Gasteiger partial charge >= 0.3 is 5.97 Å². The number of likely N-dealkylation sites (tertiary alicyclic amines) is 1. The maximum absolute atomic E-state index is 14.4. The molecule has 3 amide bonds. The van der Waals surface area contributed by atoms with Crippen molar-refractivity contribution in [3.8, 4) is 26.6 Å². The molecule has 1 unspecified atom stereocenters. The largest absolute Gasteiger partial charge is 0.469 e. The number of fused-ring (bicyclic) bond motifs is 3. The molecule has 348 valence electrons. The van der Waals surface area contributed by atoms with Gasteiger partial charge in [0, 0.05) is 29.0 Å². The van der Waals surface area contributed by atoms with Crippen molar-refractivity contribution in [2.24, 2.45) is 10.4 Å². The summed E-state index contributed by atoms with van der Waals surface area (Å²) in [5, 5.41) is 26.6. The Morgan fingerprint density at radius 3 is 2.28 bits per heavy atom. The molecule has 6 aromatic rings. The monoisotopic (exact) mass is 940 g/mol. The van der Waals surface area contributed by atoms with Gasteiger partial charge in [0.15, 0.2) is 5.82 Å². The van der Waals surface area contributed by atoms with Crippen LogP contribution in [0.5, 0.6) is 0 Å². The number of rotatable bonds is 12. The number of hydrogen-bond acceptors (Lipinski definition) is 12. The number of carbonyl (C=O) groups excluding carboxylic acids is 4. The number of benzene rings is 3. The third-order valence-corrected chi connectivity index (χ3v) is 14.8. The maximum Gasteiger partial charge on any atom is 0.308 e. The van der Waals surface area contributed by atoms with E-state index < -0.39 is 41.5 Å². The van der Waals surface area contributed by atoms with Gasteiger partial charge in [0.25, 0.3) is 0 Å². The number of hydrogen-bond donors (Lipinski definition) is 3. The number of ether oxygens (including phenoxy) is 1. The minimum Gasteiger partial charge on any atom is -0.469 e. The minimum atomic E-state index is -0.966. The molecule has 0 bridgehead atoms. The van der Waals surface area contributed by atoms with Crippen molar-refractivity contribution in [1.29, 1.82) is 0 Å². The summed E-state index contributed by atoms with van der Waals surface area (Å²) in [6.07, 6.45) is -0.771. The zero-order chi connectivity index (χ0) is 47.9. The molecule has 3 aromatic heterocycles. The van der Waals surface area contributed by atoms with Crippen LogP contribution in [0.2, 0.25) is 0 Å². The molecule has 3 N–H and O–H groups in total. The van der Waals surface area contributed by atoms with Crippen LogP contribution in [0.15, 0.2) is 83.3 Å². The molecule has 16 heteroatoms. The van der Waals surface area contributed by atoms with Crippen LogP contribution in [-0.2, 0) is 30.3 Å². The molecule has 1 fully saturated rings. The predicted octanol–water partition coefficient (Wildman–Crippen LogP) is 7.72. The highest BCUT2D eigenvalue weighted by Gasteiger charge is 2.45. The van der Waals surface area contributed by atoms with Crippen LogP contribution < -0.4 is 10.6 Å². The lowest BCUT2D eigenvalue weighted by Gasteiger charge is -2.35. The number of β-amino-alcohol motifs (C(OH)–C–C–N with tert-alkyl or cyclic N) is 1. The Morgan fingerprint density at radius 1 is 0.910 bits per heavy atom.